The van der Waals surface area contributed by atoms with Gasteiger partial charge in [0.2, 0.25) is 10.9 Å². The van der Waals surface area contributed by atoms with Crippen LogP contribution in [0.1, 0.15) is 17.3 Å². The Morgan fingerprint density at radius 3 is 2.52 bits per heavy atom. The molecule has 29 heavy (non-hydrogen) atoms. The van der Waals surface area contributed by atoms with Crippen LogP contribution in [0.5, 0.6) is 0 Å². The maximum absolute atomic E-state index is 13.2. The average molecular weight is 426 g/mol. The number of rotatable bonds is 6. The smallest absolute Gasteiger partial charge is 0.221 e. The number of hydrogen-bond acceptors (Lipinski definition) is 6. The number of halogens is 1. The van der Waals surface area contributed by atoms with E-state index in [0.29, 0.717) is 21.4 Å². The molecule has 2 aromatic carbocycles. The zero-order valence-corrected chi connectivity index (χ0v) is 16.9. The Morgan fingerprint density at radius 1 is 1.10 bits per heavy atom. The second kappa shape index (κ2) is 8.14. The molecular formula is C20H15FN4O2S2. The molecule has 0 spiro atoms. The summed E-state index contributed by atoms with van der Waals surface area (Å²) in [5, 5.41) is 13.5. The van der Waals surface area contributed by atoms with E-state index in [1.165, 1.54) is 42.2 Å². The van der Waals surface area contributed by atoms with Crippen molar-refractivity contribution in [3.63, 3.8) is 0 Å². The number of thioether (sulfide) groups is 1. The SMILES string of the molecule is CC(=O)Nc1ccc(C(=O)CSc2nnc3scc(-c4ccc(F)cc4)n23)cc1. The van der Waals surface area contributed by atoms with E-state index in [2.05, 4.69) is 15.5 Å². The fourth-order valence-corrected chi connectivity index (χ4v) is 4.50. The van der Waals surface area contributed by atoms with Gasteiger partial charge in [-0.2, -0.15) is 0 Å². The van der Waals surface area contributed by atoms with E-state index in [1.54, 1.807) is 36.4 Å². The molecule has 0 atom stereocenters. The van der Waals surface area contributed by atoms with Crippen molar-refractivity contribution in [2.75, 3.05) is 11.1 Å². The number of aromatic nitrogens is 3. The van der Waals surface area contributed by atoms with Crippen molar-refractivity contribution in [1.82, 2.24) is 14.6 Å². The highest BCUT2D eigenvalue weighted by atomic mass is 32.2. The number of carbonyl (C=O) groups is 2. The molecule has 2 aromatic heterocycles. The molecule has 0 unspecified atom stereocenters. The number of benzene rings is 2. The Labute approximate surface area is 173 Å². The molecule has 4 aromatic rings. The number of nitrogens with zero attached hydrogens (tertiary/aromatic N) is 3. The van der Waals surface area contributed by atoms with Gasteiger partial charge in [0, 0.05) is 23.6 Å². The number of Topliss-reactive ketones (excluding diaryl/α,β-unsaturated/α-hetero) is 1. The van der Waals surface area contributed by atoms with Gasteiger partial charge >= 0.3 is 0 Å². The Bertz CT molecular complexity index is 1180. The lowest BCUT2D eigenvalue weighted by Crippen LogP contribution is -2.07. The molecule has 0 bridgehead atoms. The molecular weight excluding hydrogens is 411 g/mol. The zero-order chi connectivity index (χ0) is 20.4. The van der Waals surface area contributed by atoms with Crippen molar-refractivity contribution in [2.24, 2.45) is 0 Å². The number of anilines is 1. The lowest BCUT2D eigenvalue weighted by molar-refractivity contribution is -0.114. The highest BCUT2D eigenvalue weighted by Gasteiger charge is 2.16. The van der Waals surface area contributed by atoms with Crippen molar-refractivity contribution in [1.29, 1.82) is 0 Å². The molecule has 0 fully saturated rings. The highest BCUT2D eigenvalue weighted by molar-refractivity contribution is 7.99. The van der Waals surface area contributed by atoms with Crippen LogP contribution in [0.2, 0.25) is 0 Å². The Morgan fingerprint density at radius 2 is 1.83 bits per heavy atom. The summed E-state index contributed by atoms with van der Waals surface area (Å²) in [6.07, 6.45) is 0. The van der Waals surface area contributed by atoms with E-state index in [1.807, 2.05) is 9.78 Å². The van der Waals surface area contributed by atoms with Crippen LogP contribution in [0.15, 0.2) is 59.1 Å². The molecule has 0 aliphatic rings. The first-order chi connectivity index (χ1) is 14.0. The van der Waals surface area contributed by atoms with Crippen LogP contribution in [0.25, 0.3) is 16.2 Å². The lowest BCUT2D eigenvalue weighted by atomic mass is 10.1. The summed E-state index contributed by atoms with van der Waals surface area (Å²) >= 11 is 2.73. The van der Waals surface area contributed by atoms with E-state index in [0.717, 1.165) is 11.3 Å². The lowest BCUT2D eigenvalue weighted by Gasteiger charge is -2.05. The Kier molecular flexibility index (Phi) is 5.41. The van der Waals surface area contributed by atoms with Gasteiger partial charge in [-0.25, -0.2) is 4.39 Å². The molecule has 0 aliphatic heterocycles. The predicted octanol–water partition coefficient (Wildman–Crippen LogP) is 4.53. The molecule has 0 saturated heterocycles. The molecule has 1 amide bonds. The van der Waals surface area contributed by atoms with E-state index in [4.69, 9.17) is 0 Å². The number of hydrogen-bond donors (Lipinski definition) is 1. The standard InChI is InChI=1S/C20H15FN4O2S2/c1-12(26)22-16-8-4-14(5-9-16)18(27)11-29-20-24-23-19-25(20)17(10-28-19)13-2-6-15(21)7-3-13/h2-10H,11H2,1H3,(H,22,26). The minimum atomic E-state index is -0.298. The minimum absolute atomic E-state index is 0.0558. The van der Waals surface area contributed by atoms with Crippen LogP contribution in [-0.2, 0) is 4.79 Å². The van der Waals surface area contributed by atoms with E-state index in [-0.39, 0.29) is 23.3 Å². The molecule has 9 heteroatoms. The number of fused-ring (bicyclic) bond motifs is 1. The van der Waals surface area contributed by atoms with Gasteiger partial charge in [0.1, 0.15) is 5.82 Å². The van der Waals surface area contributed by atoms with Crippen LogP contribution in [0, 0.1) is 5.82 Å². The molecule has 0 saturated carbocycles. The summed E-state index contributed by atoms with van der Waals surface area (Å²) in [7, 11) is 0. The first kappa shape index (κ1) is 19.3. The quantitative estimate of drug-likeness (QED) is 0.362. The second-order valence-corrected chi connectivity index (χ2v) is 7.98. The maximum atomic E-state index is 13.2. The number of ketones is 1. The number of amides is 1. The summed E-state index contributed by atoms with van der Waals surface area (Å²) in [6.45, 7) is 1.43. The second-order valence-electron chi connectivity index (χ2n) is 6.20. The van der Waals surface area contributed by atoms with E-state index >= 15 is 0 Å². The topological polar surface area (TPSA) is 76.4 Å². The third-order valence-corrected chi connectivity index (χ3v) is 5.87. The van der Waals surface area contributed by atoms with Crippen molar-refractivity contribution in [2.45, 2.75) is 12.1 Å². The van der Waals surface area contributed by atoms with Gasteiger partial charge in [-0.05, 0) is 54.1 Å². The highest BCUT2D eigenvalue weighted by Crippen LogP contribution is 2.30. The van der Waals surface area contributed by atoms with Crippen molar-refractivity contribution >= 4 is 45.4 Å². The first-order valence-electron chi connectivity index (χ1n) is 8.63. The van der Waals surface area contributed by atoms with E-state index in [9.17, 15) is 14.0 Å². The van der Waals surface area contributed by atoms with Crippen molar-refractivity contribution in [3.05, 3.63) is 65.3 Å². The number of thiazole rings is 1. The minimum Gasteiger partial charge on any atom is -0.326 e. The van der Waals surface area contributed by atoms with Crippen molar-refractivity contribution < 1.29 is 14.0 Å². The van der Waals surface area contributed by atoms with Gasteiger partial charge in [-0.1, -0.05) is 11.8 Å². The molecule has 4 rings (SSSR count). The number of nitrogens with one attached hydrogen (secondary N) is 1. The van der Waals surface area contributed by atoms with Crippen LogP contribution < -0.4 is 5.32 Å². The van der Waals surface area contributed by atoms with Crippen LogP contribution in [0.3, 0.4) is 0 Å². The number of carbonyl (C=O) groups excluding carboxylic acids is 2. The Balaban J connectivity index is 1.51. The third kappa shape index (κ3) is 4.20. The average Bonchev–Trinajstić information content (AvgIpc) is 3.29. The molecule has 146 valence electrons. The van der Waals surface area contributed by atoms with Gasteiger partial charge in [-0.3, -0.25) is 14.0 Å². The van der Waals surface area contributed by atoms with Crippen molar-refractivity contribution in [3.8, 4) is 11.3 Å². The van der Waals surface area contributed by atoms with Gasteiger partial charge in [0.05, 0.1) is 11.4 Å². The van der Waals surface area contributed by atoms with E-state index < -0.39 is 0 Å². The van der Waals surface area contributed by atoms with Crippen LogP contribution in [0.4, 0.5) is 10.1 Å². The summed E-state index contributed by atoms with van der Waals surface area (Å²) in [5.41, 5.74) is 2.89. The summed E-state index contributed by atoms with van der Waals surface area (Å²) < 4.78 is 15.1. The monoisotopic (exact) mass is 426 g/mol. The van der Waals surface area contributed by atoms with Gasteiger partial charge in [-0.15, -0.1) is 21.5 Å². The van der Waals surface area contributed by atoms with Crippen LogP contribution in [-0.4, -0.2) is 32.0 Å². The Hall–Kier alpha value is -3.04. The maximum Gasteiger partial charge on any atom is 0.221 e. The molecule has 2 heterocycles. The van der Waals surface area contributed by atoms with Gasteiger partial charge < -0.3 is 5.32 Å². The molecule has 6 nitrogen and oxygen atoms in total. The molecule has 0 radical (unpaired) electrons. The fraction of sp³-hybridized carbons (Fsp3) is 0.100. The van der Waals surface area contributed by atoms with Gasteiger partial charge in [0.25, 0.3) is 0 Å². The summed E-state index contributed by atoms with van der Waals surface area (Å²) in [6, 6.07) is 13.0. The predicted molar refractivity (Wildman–Crippen MR) is 112 cm³/mol. The fourth-order valence-electron chi connectivity index (χ4n) is 2.77. The molecule has 0 aliphatic carbocycles. The normalized spacial score (nSPS) is 11.0. The summed E-state index contributed by atoms with van der Waals surface area (Å²) in [5.74, 6) is -0.324. The van der Waals surface area contributed by atoms with Crippen LogP contribution >= 0.6 is 23.1 Å². The molecule has 1 N–H and O–H groups in total. The largest absolute Gasteiger partial charge is 0.326 e. The third-order valence-electron chi connectivity index (χ3n) is 4.12. The zero-order valence-electron chi connectivity index (χ0n) is 15.3. The first-order valence-corrected chi connectivity index (χ1v) is 10.5. The van der Waals surface area contributed by atoms with Gasteiger partial charge in [0.15, 0.2) is 10.9 Å². The summed E-state index contributed by atoms with van der Waals surface area (Å²) in [4.78, 5) is 24.3.